The Balaban J connectivity index is 1.30. The van der Waals surface area contributed by atoms with Crippen molar-refractivity contribution in [1.82, 2.24) is 30.1 Å². The molecule has 0 amide bonds. The van der Waals surface area contributed by atoms with Gasteiger partial charge in [0.2, 0.25) is 0 Å². The molecule has 168 valence electrons. The molecule has 1 saturated heterocycles. The molecule has 1 aliphatic heterocycles. The van der Waals surface area contributed by atoms with Gasteiger partial charge in [-0.1, -0.05) is 36.4 Å². The average Bonchev–Trinajstić information content (AvgIpc) is 3.27. The zero-order valence-corrected chi connectivity index (χ0v) is 18.8. The largest absolute Gasteiger partial charge is 0.357 e. The van der Waals surface area contributed by atoms with Crippen LogP contribution in [-0.4, -0.2) is 51.1 Å². The Hall–Kier alpha value is -3.19. The highest BCUT2D eigenvalue weighted by molar-refractivity contribution is 5.80. The smallest absolute Gasteiger partial charge is 0.191 e. The van der Waals surface area contributed by atoms with Crippen LogP contribution in [0.1, 0.15) is 36.8 Å². The molecule has 0 atom stereocenters. The van der Waals surface area contributed by atoms with E-state index in [-0.39, 0.29) is 0 Å². The molecule has 0 saturated carbocycles. The monoisotopic (exact) mass is 431 g/mol. The van der Waals surface area contributed by atoms with E-state index in [0.29, 0.717) is 12.6 Å². The Morgan fingerprint density at radius 3 is 2.56 bits per heavy atom. The van der Waals surface area contributed by atoms with Crippen LogP contribution in [0.5, 0.6) is 0 Å². The topological polar surface area (TPSA) is 70.4 Å². The van der Waals surface area contributed by atoms with Gasteiger partial charge in [-0.05, 0) is 37.5 Å². The summed E-state index contributed by atoms with van der Waals surface area (Å²) in [5.74, 6) is 1.83. The van der Waals surface area contributed by atoms with E-state index < -0.39 is 0 Å². The van der Waals surface area contributed by atoms with Gasteiger partial charge in [0, 0.05) is 57.4 Å². The van der Waals surface area contributed by atoms with E-state index in [1.807, 2.05) is 30.7 Å². The maximum atomic E-state index is 4.83. The van der Waals surface area contributed by atoms with Crippen LogP contribution in [0.25, 0.3) is 0 Å². The minimum atomic E-state index is 0.428. The quantitative estimate of drug-likeness (QED) is 0.424. The molecule has 0 unspecified atom stereocenters. The van der Waals surface area contributed by atoms with Crippen molar-refractivity contribution in [3.8, 4) is 0 Å². The minimum absolute atomic E-state index is 0.428. The Kier molecular flexibility index (Phi) is 7.87. The lowest BCUT2D eigenvalue weighted by atomic mass is 10.0. The molecule has 2 aromatic heterocycles. The van der Waals surface area contributed by atoms with Crippen LogP contribution in [0.15, 0.2) is 72.1 Å². The number of hydrogen-bond donors (Lipinski definition) is 2. The summed E-state index contributed by atoms with van der Waals surface area (Å²) in [6.07, 6.45) is 7.94. The molecule has 32 heavy (non-hydrogen) atoms. The van der Waals surface area contributed by atoms with E-state index in [0.717, 1.165) is 63.0 Å². The first-order valence-corrected chi connectivity index (χ1v) is 11.5. The number of rotatable bonds is 8. The molecule has 1 aromatic carbocycles. The van der Waals surface area contributed by atoms with E-state index in [4.69, 9.17) is 4.99 Å². The molecule has 0 spiro atoms. The fourth-order valence-electron chi connectivity index (χ4n) is 4.04. The Morgan fingerprint density at radius 1 is 1.00 bits per heavy atom. The van der Waals surface area contributed by atoms with Crippen LogP contribution in [0.3, 0.4) is 0 Å². The van der Waals surface area contributed by atoms with Crippen molar-refractivity contribution < 1.29 is 0 Å². The Labute approximate surface area is 190 Å². The fourth-order valence-corrected chi connectivity index (χ4v) is 4.04. The van der Waals surface area contributed by atoms with Gasteiger partial charge in [-0.3, -0.25) is 9.88 Å². The second-order valence-electron chi connectivity index (χ2n) is 8.17. The van der Waals surface area contributed by atoms with Crippen molar-refractivity contribution in [2.45, 2.75) is 45.4 Å². The molecule has 2 N–H and O–H groups in total. The van der Waals surface area contributed by atoms with Gasteiger partial charge in [0.15, 0.2) is 5.96 Å². The first kappa shape index (κ1) is 22.0. The number of likely N-dealkylation sites (tertiary alicyclic amines) is 1. The number of hydrogen-bond acceptors (Lipinski definition) is 4. The Morgan fingerprint density at radius 2 is 1.81 bits per heavy atom. The van der Waals surface area contributed by atoms with Crippen molar-refractivity contribution in [2.24, 2.45) is 4.99 Å². The lowest BCUT2D eigenvalue weighted by Gasteiger charge is -2.32. The lowest BCUT2D eigenvalue weighted by molar-refractivity contribution is 0.196. The number of imidazole rings is 1. The van der Waals surface area contributed by atoms with Crippen LogP contribution in [0, 0.1) is 0 Å². The first-order chi connectivity index (χ1) is 15.8. The summed E-state index contributed by atoms with van der Waals surface area (Å²) >= 11 is 0. The molecule has 4 rings (SSSR count). The van der Waals surface area contributed by atoms with Crippen LogP contribution in [-0.2, 0) is 19.6 Å². The summed E-state index contributed by atoms with van der Waals surface area (Å²) < 4.78 is 2.17. The van der Waals surface area contributed by atoms with Crippen LogP contribution in [0.2, 0.25) is 0 Å². The molecule has 1 aliphatic rings. The van der Waals surface area contributed by atoms with Crippen molar-refractivity contribution in [3.63, 3.8) is 0 Å². The third-order valence-corrected chi connectivity index (χ3v) is 5.76. The number of piperidine rings is 1. The molecule has 7 heteroatoms. The van der Waals surface area contributed by atoms with Crippen molar-refractivity contribution in [1.29, 1.82) is 0 Å². The second-order valence-corrected chi connectivity index (χ2v) is 8.17. The molecule has 0 radical (unpaired) electrons. The number of pyridine rings is 1. The average molecular weight is 432 g/mol. The third kappa shape index (κ3) is 6.40. The van der Waals surface area contributed by atoms with Gasteiger partial charge in [0.25, 0.3) is 0 Å². The highest BCUT2D eigenvalue weighted by atomic mass is 15.2. The molecule has 1 fully saturated rings. The van der Waals surface area contributed by atoms with Gasteiger partial charge in [-0.25, -0.2) is 9.98 Å². The summed E-state index contributed by atoms with van der Waals surface area (Å²) in [4.78, 5) is 16.3. The van der Waals surface area contributed by atoms with Gasteiger partial charge < -0.3 is 15.2 Å². The van der Waals surface area contributed by atoms with Crippen molar-refractivity contribution in [2.75, 3.05) is 19.6 Å². The summed E-state index contributed by atoms with van der Waals surface area (Å²) in [5, 5.41) is 7.02. The highest BCUT2D eigenvalue weighted by Gasteiger charge is 2.20. The standard InChI is InChI=1S/C25H33N7/c1-2-26-25(29-18-24-28-14-17-32(24)19-21-8-4-3-5-9-21)30-22-11-15-31(16-12-22)20-23-10-6-7-13-27-23/h3-10,13-14,17,22H,2,11-12,15-16,18-20H2,1H3,(H2,26,29,30). The molecule has 3 heterocycles. The van der Waals surface area contributed by atoms with Crippen molar-refractivity contribution >= 4 is 5.96 Å². The predicted octanol–water partition coefficient (Wildman–Crippen LogP) is 3.05. The van der Waals surface area contributed by atoms with Gasteiger partial charge in [-0.15, -0.1) is 0 Å². The molecular weight excluding hydrogens is 398 g/mol. The maximum Gasteiger partial charge on any atom is 0.191 e. The highest BCUT2D eigenvalue weighted by Crippen LogP contribution is 2.13. The molecule has 0 bridgehead atoms. The summed E-state index contributed by atoms with van der Waals surface area (Å²) in [5.41, 5.74) is 2.40. The lowest BCUT2D eigenvalue weighted by Crippen LogP contribution is -2.48. The number of aliphatic imine (C=N–C) groups is 1. The van der Waals surface area contributed by atoms with E-state index in [1.165, 1.54) is 5.56 Å². The normalized spacial score (nSPS) is 15.6. The van der Waals surface area contributed by atoms with Gasteiger partial charge in [0.1, 0.15) is 12.4 Å². The zero-order valence-electron chi connectivity index (χ0n) is 18.8. The maximum absolute atomic E-state index is 4.83. The van der Waals surface area contributed by atoms with Crippen molar-refractivity contribution in [3.05, 3.63) is 84.2 Å². The molecule has 7 nitrogen and oxygen atoms in total. The van der Waals surface area contributed by atoms with Crippen LogP contribution >= 0.6 is 0 Å². The summed E-state index contributed by atoms with van der Waals surface area (Å²) in [7, 11) is 0. The van der Waals surface area contributed by atoms with E-state index in [9.17, 15) is 0 Å². The zero-order chi connectivity index (χ0) is 22.0. The van der Waals surface area contributed by atoms with Crippen LogP contribution < -0.4 is 10.6 Å². The number of nitrogens with one attached hydrogen (secondary N) is 2. The molecule has 3 aromatic rings. The predicted molar refractivity (Wildman–Crippen MR) is 128 cm³/mol. The third-order valence-electron chi connectivity index (χ3n) is 5.76. The number of nitrogens with zero attached hydrogens (tertiary/aromatic N) is 5. The fraction of sp³-hybridized carbons (Fsp3) is 0.400. The Bertz CT molecular complexity index is 960. The number of benzene rings is 1. The molecule has 0 aliphatic carbocycles. The summed E-state index contributed by atoms with van der Waals surface area (Å²) in [6, 6.07) is 17.0. The first-order valence-electron chi connectivity index (χ1n) is 11.5. The van der Waals surface area contributed by atoms with E-state index in [1.54, 1.807) is 0 Å². The number of aromatic nitrogens is 3. The SMILES string of the molecule is CCNC(=NCc1nccn1Cc1ccccc1)NC1CCN(Cc2ccccn2)CC1. The van der Waals surface area contributed by atoms with E-state index >= 15 is 0 Å². The van der Waals surface area contributed by atoms with Gasteiger partial charge in [0.05, 0.1) is 5.69 Å². The number of guanidine groups is 1. The van der Waals surface area contributed by atoms with Crippen LogP contribution in [0.4, 0.5) is 0 Å². The minimum Gasteiger partial charge on any atom is -0.357 e. The van der Waals surface area contributed by atoms with E-state index in [2.05, 4.69) is 73.4 Å². The summed E-state index contributed by atoms with van der Waals surface area (Å²) in [6.45, 7) is 7.35. The van der Waals surface area contributed by atoms with Gasteiger partial charge in [-0.2, -0.15) is 0 Å². The van der Waals surface area contributed by atoms with Gasteiger partial charge >= 0.3 is 0 Å². The molecular formula is C25H33N7. The second kappa shape index (κ2) is 11.4.